The second kappa shape index (κ2) is 6.06. The van der Waals surface area contributed by atoms with Crippen LogP contribution in [0.4, 0.5) is 0 Å². The van der Waals surface area contributed by atoms with Crippen molar-refractivity contribution in [2.45, 2.75) is 38.8 Å². The third kappa shape index (κ3) is 3.35. The third-order valence-electron chi connectivity index (χ3n) is 3.36. The Balaban J connectivity index is 1.84. The lowest BCUT2D eigenvalue weighted by atomic mass is 10.1. The SMILES string of the molecule is CCC1CCN(Cc2ccoc2)CCCN1. The first-order chi connectivity index (χ1) is 7.88. The molecular weight excluding hydrogens is 200 g/mol. The number of hydrogen-bond acceptors (Lipinski definition) is 3. The summed E-state index contributed by atoms with van der Waals surface area (Å²) in [5.74, 6) is 0. The molecule has 1 saturated heterocycles. The maximum Gasteiger partial charge on any atom is 0.0947 e. The number of nitrogens with one attached hydrogen (secondary N) is 1. The Kier molecular flexibility index (Phi) is 4.43. The first-order valence-electron chi connectivity index (χ1n) is 6.35. The van der Waals surface area contributed by atoms with E-state index in [0.29, 0.717) is 6.04 Å². The van der Waals surface area contributed by atoms with Gasteiger partial charge in [0.15, 0.2) is 0 Å². The van der Waals surface area contributed by atoms with Crippen molar-refractivity contribution in [3.63, 3.8) is 0 Å². The molecule has 0 bridgehead atoms. The molecule has 2 heterocycles. The first kappa shape index (κ1) is 11.7. The Morgan fingerprint density at radius 2 is 2.44 bits per heavy atom. The van der Waals surface area contributed by atoms with Crippen LogP contribution in [0, 0.1) is 0 Å². The fraction of sp³-hybridized carbons (Fsp3) is 0.692. The largest absolute Gasteiger partial charge is 0.472 e. The summed E-state index contributed by atoms with van der Waals surface area (Å²) >= 11 is 0. The second-order valence-corrected chi connectivity index (χ2v) is 4.61. The van der Waals surface area contributed by atoms with E-state index in [9.17, 15) is 0 Å². The van der Waals surface area contributed by atoms with Crippen molar-refractivity contribution in [1.82, 2.24) is 10.2 Å². The molecule has 1 fully saturated rings. The molecule has 90 valence electrons. The van der Waals surface area contributed by atoms with E-state index in [2.05, 4.69) is 23.2 Å². The summed E-state index contributed by atoms with van der Waals surface area (Å²) in [5, 5.41) is 3.61. The van der Waals surface area contributed by atoms with Gasteiger partial charge in [0.05, 0.1) is 12.5 Å². The van der Waals surface area contributed by atoms with Crippen molar-refractivity contribution in [2.75, 3.05) is 19.6 Å². The van der Waals surface area contributed by atoms with E-state index < -0.39 is 0 Å². The second-order valence-electron chi connectivity index (χ2n) is 4.61. The molecule has 1 aromatic heterocycles. The van der Waals surface area contributed by atoms with Gasteiger partial charge in [-0.05, 0) is 45.0 Å². The van der Waals surface area contributed by atoms with E-state index in [1.165, 1.54) is 37.9 Å². The zero-order valence-electron chi connectivity index (χ0n) is 10.1. The van der Waals surface area contributed by atoms with Gasteiger partial charge in [-0.1, -0.05) is 6.92 Å². The zero-order chi connectivity index (χ0) is 11.2. The minimum atomic E-state index is 0.701. The van der Waals surface area contributed by atoms with E-state index in [1.54, 1.807) is 6.26 Å². The fourth-order valence-corrected chi connectivity index (χ4v) is 2.31. The lowest BCUT2D eigenvalue weighted by molar-refractivity contribution is 0.224. The van der Waals surface area contributed by atoms with Gasteiger partial charge in [-0.15, -0.1) is 0 Å². The number of hydrogen-bond donors (Lipinski definition) is 1. The lowest BCUT2D eigenvalue weighted by Gasteiger charge is -2.28. The van der Waals surface area contributed by atoms with Crippen molar-refractivity contribution in [3.05, 3.63) is 24.2 Å². The molecule has 1 aliphatic rings. The summed E-state index contributed by atoms with van der Waals surface area (Å²) in [6.07, 6.45) is 7.35. The van der Waals surface area contributed by atoms with E-state index in [4.69, 9.17) is 4.42 Å². The molecule has 0 radical (unpaired) electrons. The van der Waals surface area contributed by atoms with E-state index >= 15 is 0 Å². The normalized spacial score (nSPS) is 23.9. The van der Waals surface area contributed by atoms with Crippen LogP contribution in [0.15, 0.2) is 23.0 Å². The van der Waals surface area contributed by atoms with Crippen LogP contribution in [-0.4, -0.2) is 30.6 Å². The number of furan rings is 1. The smallest absolute Gasteiger partial charge is 0.0947 e. The van der Waals surface area contributed by atoms with E-state index in [1.807, 2.05) is 6.26 Å². The molecule has 2 rings (SSSR count). The predicted molar refractivity (Wildman–Crippen MR) is 65.3 cm³/mol. The Morgan fingerprint density at radius 1 is 1.50 bits per heavy atom. The van der Waals surface area contributed by atoms with Crippen molar-refractivity contribution >= 4 is 0 Å². The highest BCUT2D eigenvalue weighted by Gasteiger charge is 2.13. The topological polar surface area (TPSA) is 28.4 Å². The quantitative estimate of drug-likeness (QED) is 0.850. The molecule has 1 N–H and O–H groups in total. The molecule has 1 aromatic rings. The van der Waals surface area contributed by atoms with Crippen molar-refractivity contribution in [1.29, 1.82) is 0 Å². The molecular formula is C13H22N2O. The molecule has 3 heteroatoms. The van der Waals surface area contributed by atoms with Gasteiger partial charge in [0.2, 0.25) is 0 Å². The molecule has 16 heavy (non-hydrogen) atoms. The number of rotatable bonds is 3. The van der Waals surface area contributed by atoms with Gasteiger partial charge in [-0.25, -0.2) is 0 Å². The van der Waals surface area contributed by atoms with Crippen LogP contribution in [0.3, 0.4) is 0 Å². The molecule has 3 nitrogen and oxygen atoms in total. The predicted octanol–water partition coefficient (Wildman–Crippen LogP) is 2.24. The van der Waals surface area contributed by atoms with Crippen LogP contribution in [-0.2, 0) is 6.54 Å². The Morgan fingerprint density at radius 3 is 3.19 bits per heavy atom. The standard InChI is InChI=1S/C13H22N2O/c1-2-13-4-8-15(7-3-6-14-13)10-12-5-9-16-11-12/h5,9,11,13-14H,2-4,6-8,10H2,1H3. The average molecular weight is 222 g/mol. The van der Waals surface area contributed by atoms with Gasteiger partial charge >= 0.3 is 0 Å². The minimum Gasteiger partial charge on any atom is -0.472 e. The molecule has 0 amide bonds. The van der Waals surface area contributed by atoms with Crippen molar-refractivity contribution < 1.29 is 4.42 Å². The van der Waals surface area contributed by atoms with E-state index in [0.717, 1.165) is 13.1 Å². The molecule has 0 spiro atoms. The van der Waals surface area contributed by atoms with Gasteiger partial charge in [0.1, 0.15) is 0 Å². The Hall–Kier alpha value is -0.800. The Bertz CT molecular complexity index is 284. The lowest BCUT2D eigenvalue weighted by Crippen LogP contribution is -2.39. The van der Waals surface area contributed by atoms with Gasteiger partial charge < -0.3 is 9.73 Å². The van der Waals surface area contributed by atoms with E-state index in [-0.39, 0.29) is 0 Å². The fourth-order valence-electron chi connectivity index (χ4n) is 2.31. The third-order valence-corrected chi connectivity index (χ3v) is 3.36. The van der Waals surface area contributed by atoms with Gasteiger partial charge in [0.25, 0.3) is 0 Å². The summed E-state index contributed by atoms with van der Waals surface area (Å²) in [6, 6.07) is 2.76. The maximum absolute atomic E-state index is 5.12. The van der Waals surface area contributed by atoms with Gasteiger partial charge in [-0.2, -0.15) is 0 Å². The maximum atomic E-state index is 5.12. The molecule has 0 aliphatic carbocycles. The Labute approximate surface area is 97.8 Å². The molecule has 0 saturated carbocycles. The average Bonchev–Trinajstić information content (AvgIpc) is 2.75. The molecule has 1 atom stereocenters. The highest BCUT2D eigenvalue weighted by molar-refractivity contribution is 5.04. The molecule has 0 aromatic carbocycles. The van der Waals surface area contributed by atoms with Crippen molar-refractivity contribution in [2.24, 2.45) is 0 Å². The molecule has 1 aliphatic heterocycles. The first-order valence-corrected chi connectivity index (χ1v) is 6.35. The van der Waals surface area contributed by atoms with Gasteiger partial charge in [-0.3, -0.25) is 4.90 Å². The highest BCUT2D eigenvalue weighted by atomic mass is 16.3. The summed E-state index contributed by atoms with van der Waals surface area (Å²) in [6.45, 7) is 6.83. The van der Waals surface area contributed by atoms with Crippen LogP contribution in [0.5, 0.6) is 0 Å². The van der Waals surface area contributed by atoms with Crippen LogP contribution >= 0.6 is 0 Å². The van der Waals surface area contributed by atoms with Crippen LogP contribution < -0.4 is 5.32 Å². The van der Waals surface area contributed by atoms with Crippen LogP contribution in [0.25, 0.3) is 0 Å². The minimum absolute atomic E-state index is 0.701. The number of nitrogens with zero attached hydrogens (tertiary/aromatic N) is 1. The summed E-state index contributed by atoms with van der Waals surface area (Å²) < 4.78 is 5.12. The monoisotopic (exact) mass is 222 g/mol. The zero-order valence-corrected chi connectivity index (χ0v) is 10.1. The summed E-state index contributed by atoms with van der Waals surface area (Å²) in [5.41, 5.74) is 1.29. The van der Waals surface area contributed by atoms with Crippen molar-refractivity contribution in [3.8, 4) is 0 Å². The summed E-state index contributed by atoms with van der Waals surface area (Å²) in [7, 11) is 0. The van der Waals surface area contributed by atoms with Crippen LogP contribution in [0.2, 0.25) is 0 Å². The highest BCUT2D eigenvalue weighted by Crippen LogP contribution is 2.10. The summed E-state index contributed by atoms with van der Waals surface area (Å²) in [4.78, 5) is 2.54. The van der Waals surface area contributed by atoms with Gasteiger partial charge in [0, 0.05) is 18.2 Å². The van der Waals surface area contributed by atoms with Crippen LogP contribution in [0.1, 0.15) is 31.7 Å². The molecule has 1 unspecified atom stereocenters.